The van der Waals surface area contributed by atoms with Gasteiger partial charge in [0.15, 0.2) is 0 Å². The number of carbonyl (C=O) groups excluding carboxylic acids is 1. The van der Waals surface area contributed by atoms with E-state index in [4.69, 9.17) is 0 Å². The Kier molecular flexibility index (Phi) is 4.40. The SMILES string of the molecule is C/C(Cn1cnc(N[O-])n1)=N\NC(=O)c1ccccc1. The molecule has 0 fully saturated rings. The van der Waals surface area contributed by atoms with Gasteiger partial charge in [-0.1, -0.05) is 18.2 Å². The largest absolute Gasteiger partial charge is 0.759 e. The van der Waals surface area contributed by atoms with Crippen LogP contribution >= 0.6 is 0 Å². The first-order valence-corrected chi connectivity index (χ1v) is 5.85. The quantitative estimate of drug-likeness (QED) is 0.624. The highest BCUT2D eigenvalue weighted by atomic mass is 16.5. The van der Waals surface area contributed by atoms with Gasteiger partial charge in [-0.25, -0.2) is 15.1 Å². The van der Waals surface area contributed by atoms with Crippen LogP contribution in [0.2, 0.25) is 0 Å². The summed E-state index contributed by atoms with van der Waals surface area (Å²) in [6.07, 6.45) is 1.40. The van der Waals surface area contributed by atoms with E-state index in [1.54, 1.807) is 36.7 Å². The van der Waals surface area contributed by atoms with E-state index in [0.717, 1.165) is 0 Å². The van der Waals surface area contributed by atoms with Gasteiger partial charge in [-0.05, 0) is 19.1 Å². The molecule has 1 aromatic heterocycles. The molecular formula is C12H13N6O2-. The fourth-order valence-corrected chi connectivity index (χ4v) is 1.49. The van der Waals surface area contributed by atoms with Crippen molar-refractivity contribution < 1.29 is 4.79 Å². The molecule has 0 unspecified atom stereocenters. The number of amides is 1. The fraction of sp³-hybridized carbons (Fsp3) is 0.167. The van der Waals surface area contributed by atoms with Crippen molar-refractivity contribution in [2.45, 2.75) is 13.5 Å². The minimum atomic E-state index is -0.287. The van der Waals surface area contributed by atoms with E-state index in [9.17, 15) is 10.0 Å². The van der Waals surface area contributed by atoms with Crippen LogP contribution in [0.15, 0.2) is 41.8 Å². The van der Waals surface area contributed by atoms with Gasteiger partial charge in [0.1, 0.15) is 6.33 Å². The summed E-state index contributed by atoms with van der Waals surface area (Å²) in [5, 5.41) is 18.1. The molecule has 1 heterocycles. The predicted molar refractivity (Wildman–Crippen MR) is 74.0 cm³/mol. The van der Waals surface area contributed by atoms with Crippen molar-refractivity contribution in [3.05, 3.63) is 47.4 Å². The number of hydrogen-bond donors (Lipinski definition) is 2. The number of anilines is 1. The summed E-state index contributed by atoms with van der Waals surface area (Å²) in [5.74, 6) is -0.295. The van der Waals surface area contributed by atoms with Crippen LogP contribution in [0.25, 0.3) is 0 Å². The lowest BCUT2D eigenvalue weighted by Gasteiger charge is -2.03. The Labute approximate surface area is 115 Å². The highest BCUT2D eigenvalue weighted by molar-refractivity contribution is 5.95. The molecule has 0 aliphatic carbocycles. The highest BCUT2D eigenvalue weighted by Crippen LogP contribution is 1.98. The summed E-state index contributed by atoms with van der Waals surface area (Å²) >= 11 is 0. The Balaban J connectivity index is 1.92. The molecule has 1 aromatic carbocycles. The molecular weight excluding hydrogens is 260 g/mol. The van der Waals surface area contributed by atoms with Crippen molar-refractivity contribution in [2.75, 3.05) is 5.48 Å². The van der Waals surface area contributed by atoms with Crippen LogP contribution in [-0.2, 0) is 6.54 Å². The van der Waals surface area contributed by atoms with Gasteiger partial charge in [-0.15, -0.1) is 5.10 Å². The minimum absolute atomic E-state index is 0.00822. The van der Waals surface area contributed by atoms with Crippen LogP contribution in [0, 0.1) is 5.21 Å². The molecule has 0 atom stereocenters. The fourth-order valence-electron chi connectivity index (χ4n) is 1.49. The number of carbonyl (C=O) groups is 1. The summed E-state index contributed by atoms with van der Waals surface area (Å²) in [7, 11) is 0. The number of benzene rings is 1. The van der Waals surface area contributed by atoms with Gasteiger partial charge in [-0.2, -0.15) is 5.10 Å². The maximum atomic E-state index is 11.7. The second-order valence-electron chi connectivity index (χ2n) is 4.02. The molecule has 0 saturated carbocycles. The lowest BCUT2D eigenvalue weighted by Crippen LogP contribution is -2.20. The zero-order chi connectivity index (χ0) is 14.4. The summed E-state index contributed by atoms with van der Waals surface area (Å²) in [6.45, 7) is 2.06. The van der Waals surface area contributed by atoms with Crippen molar-refractivity contribution in [2.24, 2.45) is 5.10 Å². The molecule has 20 heavy (non-hydrogen) atoms. The molecule has 2 N–H and O–H groups in total. The van der Waals surface area contributed by atoms with E-state index < -0.39 is 0 Å². The van der Waals surface area contributed by atoms with Crippen molar-refractivity contribution in [1.29, 1.82) is 0 Å². The summed E-state index contributed by atoms with van der Waals surface area (Å²) in [6, 6.07) is 8.78. The van der Waals surface area contributed by atoms with Gasteiger partial charge in [0.2, 0.25) is 5.95 Å². The average Bonchev–Trinajstić information content (AvgIpc) is 2.93. The van der Waals surface area contributed by atoms with E-state index in [1.807, 2.05) is 6.07 Å². The lowest BCUT2D eigenvalue weighted by atomic mass is 10.2. The van der Waals surface area contributed by atoms with Crippen molar-refractivity contribution in [3.63, 3.8) is 0 Å². The van der Waals surface area contributed by atoms with Crippen LogP contribution < -0.4 is 10.9 Å². The second kappa shape index (κ2) is 6.43. The van der Waals surface area contributed by atoms with Gasteiger partial charge in [-0.3, -0.25) is 4.79 Å². The number of aromatic nitrogens is 3. The normalized spacial score (nSPS) is 11.2. The molecule has 0 aliphatic rings. The average molecular weight is 273 g/mol. The van der Waals surface area contributed by atoms with Gasteiger partial charge in [0.25, 0.3) is 5.91 Å². The van der Waals surface area contributed by atoms with Gasteiger partial charge >= 0.3 is 0 Å². The molecule has 0 saturated heterocycles. The van der Waals surface area contributed by atoms with E-state index in [0.29, 0.717) is 17.8 Å². The zero-order valence-corrected chi connectivity index (χ0v) is 10.8. The van der Waals surface area contributed by atoms with E-state index in [2.05, 4.69) is 20.6 Å². The molecule has 8 nitrogen and oxygen atoms in total. The van der Waals surface area contributed by atoms with Gasteiger partial charge in [0.05, 0.1) is 12.3 Å². The molecule has 0 radical (unpaired) electrons. The molecule has 104 valence electrons. The predicted octanol–water partition coefficient (Wildman–Crippen LogP) is 0.994. The number of hydrazone groups is 1. The zero-order valence-electron chi connectivity index (χ0n) is 10.8. The molecule has 0 bridgehead atoms. The molecule has 2 rings (SSSR count). The lowest BCUT2D eigenvalue weighted by molar-refractivity contribution is 0.0954. The Morgan fingerprint density at radius 3 is 2.80 bits per heavy atom. The molecule has 1 amide bonds. The Bertz CT molecular complexity index is 607. The maximum absolute atomic E-state index is 11.7. The molecule has 0 aliphatic heterocycles. The van der Waals surface area contributed by atoms with E-state index >= 15 is 0 Å². The Hall–Kier alpha value is -2.74. The van der Waals surface area contributed by atoms with Crippen molar-refractivity contribution >= 4 is 17.6 Å². The number of hydrogen-bond acceptors (Lipinski definition) is 6. The number of nitrogens with one attached hydrogen (secondary N) is 2. The first-order valence-electron chi connectivity index (χ1n) is 5.85. The molecule has 0 spiro atoms. The first kappa shape index (κ1) is 13.7. The van der Waals surface area contributed by atoms with Gasteiger partial charge in [0, 0.05) is 5.56 Å². The smallest absolute Gasteiger partial charge is 0.271 e. The monoisotopic (exact) mass is 273 g/mol. The second-order valence-corrected chi connectivity index (χ2v) is 4.02. The van der Waals surface area contributed by atoms with Crippen LogP contribution in [0.4, 0.5) is 5.95 Å². The Morgan fingerprint density at radius 1 is 1.40 bits per heavy atom. The molecule has 2 aromatic rings. The van der Waals surface area contributed by atoms with Crippen molar-refractivity contribution in [1.82, 2.24) is 20.2 Å². The first-order chi connectivity index (χ1) is 9.69. The van der Waals surface area contributed by atoms with Crippen LogP contribution in [-0.4, -0.2) is 26.4 Å². The van der Waals surface area contributed by atoms with Crippen LogP contribution in [0.1, 0.15) is 17.3 Å². The number of rotatable bonds is 5. The molecule has 8 heteroatoms. The summed E-state index contributed by atoms with van der Waals surface area (Å²) in [4.78, 5) is 15.5. The minimum Gasteiger partial charge on any atom is -0.759 e. The third kappa shape index (κ3) is 3.62. The topological polar surface area (TPSA) is 107 Å². The third-order valence-corrected chi connectivity index (χ3v) is 2.40. The van der Waals surface area contributed by atoms with Crippen LogP contribution in [0.5, 0.6) is 0 Å². The highest BCUT2D eigenvalue weighted by Gasteiger charge is 2.03. The number of nitrogens with zero attached hydrogens (tertiary/aromatic N) is 4. The standard InChI is InChI=1S/C12H13N6O2/c1-9(7-18-8-13-12(16-18)17-20)14-15-11(19)10-5-3-2-4-6-10/h2-6,8H,7H2,1H3,(H2-,15,16,17,19,20)/q-1/b14-9+. The third-order valence-electron chi connectivity index (χ3n) is 2.40. The Morgan fingerprint density at radius 2 is 2.15 bits per heavy atom. The van der Waals surface area contributed by atoms with Gasteiger partial charge < -0.3 is 10.7 Å². The summed E-state index contributed by atoms with van der Waals surface area (Å²) in [5.41, 5.74) is 5.19. The van der Waals surface area contributed by atoms with Crippen molar-refractivity contribution in [3.8, 4) is 0 Å². The maximum Gasteiger partial charge on any atom is 0.271 e. The summed E-state index contributed by atoms with van der Waals surface area (Å²) < 4.78 is 1.44. The van der Waals surface area contributed by atoms with E-state index in [1.165, 1.54) is 11.0 Å². The van der Waals surface area contributed by atoms with Crippen LogP contribution in [0.3, 0.4) is 0 Å². The van der Waals surface area contributed by atoms with E-state index in [-0.39, 0.29) is 11.9 Å².